The fourth-order valence-electron chi connectivity index (χ4n) is 2.07. The maximum Gasteiger partial charge on any atom is 0.142 e. The van der Waals surface area contributed by atoms with Crippen molar-refractivity contribution in [3.63, 3.8) is 0 Å². The first-order valence-corrected chi connectivity index (χ1v) is 5.81. The van der Waals surface area contributed by atoms with Crippen molar-refractivity contribution < 1.29 is 4.39 Å². The Balaban J connectivity index is 1.95. The van der Waals surface area contributed by atoms with Gasteiger partial charge in [-0.05, 0) is 24.5 Å². The van der Waals surface area contributed by atoms with E-state index in [4.69, 9.17) is 11.6 Å². The zero-order chi connectivity index (χ0) is 10.7. The van der Waals surface area contributed by atoms with Crippen molar-refractivity contribution in [1.29, 1.82) is 0 Å². The van der Waals surface area contributed by atoms with E-state index in [1.54, 1.807) is 6.07 Å². The highest BCUT2D eigenvalue weighted by molar-refractivity contribution is 6.31. The largest absolute Gasteiger partial charge is 0.310 e. The Morgan fingerprint density at radius 2 is 2.07 bits per heavy atom. The predicted molar refractivity (Wildman–Crippen MR) is 60.5 cm³/mol. The number of rotatable bonds is 3. The monoisotopic (exact) mass is 227 g/mol. The van der Waals surface area contributed by atoms with Crippen LogP contribution in [0.2, 0.25) is 5.02 Å². The quantitative estimate of drug-likeness (QED) is 0.833. The van der Waals surface area contributed by atoms with Gasteiger partial charge in [-0.3, -0.25) is 0 Å². The molecule has 1 aromatic carbocycles. The first kappa shape index (κ1) is 10.9. The first-order valence-electron chi connectivity index (χ1n) is 5.43. The lowest BCUT2D eigenvalue weighted by Gasteiger charge is -2.12. The van der Waals surface area contributed by atoms with Gasteiger partial charge in [-0.15, -0.1) is 0 Å². The molecule has 0 atom stereocenters. The van der Waals surface area contributed by atoms with Crippen molar-refractivity contribution in [2.75, 3.05) is 0 Å². The number of hydrogen-bond acceptors (Lipinski definition) is 1. The summed E-state index contributed by atoms with van der Waals surface area (Å²) in [4.78, 5) is 0. The molecule has 1 nitrogen and oxygen atoms in total. The van der Waals surface area contributed by atoms with E-state index in [1.807, 2.05) is 6.07 Å². The van der Waals surface area contributed by atoms with Crippen LogP contribution in [0.3, 0.4) is 0 Å². The average Bonchev–Trinajstić information content (AvgIpc) is 2.73. The fourth-order valence-corrected chi connectivity index (χ4v) is 2.26. The second-order valence-electron chi connectivity index (χ2n) is 4.08. The molecule has 1 N–H and O–H groups in total. The Bertz CT molecular complexity index is 334. The molecule has 0 heterocycles. The minimum atomic E-state index is -0.331. The molecule has 0 bridgehead atoms. The molecule has 2 rings (SSSR count). The Morgan fingerprint density at radius 1 is 1.33 bits per heavy atom. The molecule has 1 fully saturated rings. The lowest BCUT2D eigenvalue weighted by atomic mass is 10.2. The van der Waals surface area contributed by atoms with E-state index in [1.165, 1.54) is 31.7 Å². The third kappa shape index (κ3) is 2.70. The van der Waals surface area contributed by atoms with Gasteiger partial charge in [-0.2, -0.15) is 0 Å². The summed E-state index contributed by atoms with van der Waals surface area (Å²) < 4.78 is 13.1. The highest BCUT2D eigenvalue weighted by Gasteiger charge is 2.14. The molecule has 1 aliphatic rings. The molecule has 0 radical (unpaired) electrons. The molecule has 0 aliphatic heterocycles. The van der Waals surface area contributed by atoms with Gasteiger partial charge in [0.2, 0.25) is 0 Å². The van der Waals surface area contributed by atoms with Crippen molar-refractivity contribution in [2.24, 2.45) is 0 Å². The van der Waals surface area contributed by atoms with E-state index in [9.17, 15) is 4.39 Å². The standard InChI is InChI=1S/C12H15ClFN/c13-12-9(4-3-7-11(12)14)8-15-10-5-1-2-6-10/h3-4,7,10,15H,1-2,5-6,8H2. The van der Waals surface area contributed by atoms with E-state index in [-0.39, 0.29) is 10.8 Å². The van der Waals surface area contributed by atoms with Crippen LogP contribution in [-0.2, 0) is 6.54 Å². The maximum absolute atomic E-state index is 13.1. The van der Waals surface area contributed by atoms with E-state index in [2.05, 4.69) is 5.32 Å². The molecule has 82 valence electrons. The van der Waals surface area contributed by atoms with Crippen molar-refractivity contribution in [1.82, 2.24) is 5.32 Å². The highest BCUT2D eigenvalue weighted by Crippen LogP contribution is 2.21. The van der Waals surface area contributed by atoms with Gasteiger partial charge < -0.3 is 5.32 Å². The summed E-state index contributed by atoms with van der Waals surface area (Å²) in [5, 5.41) is 3.67. The summed E-state index contributed by atoms with van der Waals surface area (Å²) >= 11 is 5.86. The summed E-state index contributed by atoms with van der Waals surface area (Å²) in [6.45, 7) is 0.668. The molecule has 1 saturated carbocycles. The molecule has 15 heavy (non-hydrogen) atoms. The number of halogens is 2. The summed E-state index contributed by atoms with van der Waals surface area (Å²) in [7, 11) is 0. The molecule has 0 unspecified atom stereocenters. The third-order valence-electron chi connectivity index (χ3n) is 2.97. The Morgan fingerprint density at radius 3 is 2.80 bits per heavy atom. The zero-order valence-corrected chi connectivity index (χ0v) is 9.36. The Kier molecular flexibility index (Phi) is 3.60. The summed E-state index contributed by atoms with van der Waals surface area (Å²) in [6.07, 6.45) is 5.06. The predicted octanol–water partition coefficient (Wildman–Crippen LogP) is 3.51. The molecular formula is C12H15ClFN. The third-order valence-corrected chi connectivity index (χ3v) is 3.39. The topological polar surface area (TPSA) is 12.0 Å². The van der Waals surface area contributed by atoms with Gasteiger partial charge in [-0.25, -0.2) is 4.39 Å². The second kappa shape index (κ2) is 4.95. The van der Waals surface area contributed by atoms with Crippen LogP contribution in [0.25, 0.3) is 0 Å². The molecule has 1 aromatic rings. The Hall–Kier alpha value is -0.600. The zero-order valence-electron chi connectivity index (χ0n) is 8.60. The van der Waals surface area contributed by atoms with E-state index >= 15 is 0 Å². The SMILES string of the molecule is Fc1cccc(CNC2CCCC2)c1Cl. The van der Waals surface area contributed by atoms with Crippen LogP contribution in [0.4, 0.5) is 4.39 Å². The smallest absolute Gasteiger partial charge is 0.142 e. The fraction of sp³-hybridized carbons (Fsp3) is 0.500. The van der Waals surface area contributed by atoms with Gasteiger partial charge >= 0.3 is 0 Å². The van der Waals surface area contributed by atoms with Crippen LogP contribution in [0.1, 0.15) is 31.2 Å². The molecule has 0 aromatic heterocycles. The van der Waals surface area contributed by atoms with Crippen LogP contribution in [-0.4, -0.2) is 6.04 Å². The van der Waals surface area contributed by atoms with E-state index < -0.39 is 0 Å². The van der Waals surface area contributed by atoms with Crippen LogP contribution < -0.4 is 5.32 Å². The lowest BCUT2D eigenvalue weighted by Crippen LogP contribution is -2.25. The molecule has 0 saturated heterocycles. The minimum Gasteiger partial charge on any atom is -0.310 e. The van der Waals surface area contributed by atoms with Gasteiger partial charge in [0, 0.05) is 12.6 Å². The molecule has 0 spiro atoms. The molecule has 3 heteroatoms. The van der Waals surface area contributed by atoms with Gasteiger partial charge in [0.15, 0.2) is 0 Å². The average molecular weight is 228 g/mol. The second-order valence-corrected chi connectivity index (χ2v) is 4.45. The van der Waals surface area contributed by atoms with Gasteiger partial charge in [-0.1, -0.05) is 36.6 Å². The number of nitrogens with one attached hydrogen (secondary N) is 1. The normalized spacial score (nSPS) is 17.2. The van der Waals surface area contributed by atoms with Crippen molar-refractivity contribution in [3.05, 3.63) is 34.6 Å². The van der Waals surface area contributed by atoms with Gasteiger partial charge in [0.1, 0.15) is 5.82 Å². The first-order chi connectivity index (χ1) is 7.27. The number of hydrogen-bond donors (Lipinski definition) is 1. The van der Waals surface area contributed by atoms with Crippen LogP contribution >= 0.6 is 11.6 Å². The number of benzene rings is 1. The van der Waals surface area contributed by atoms with Gasteiger partial charge in [0.05, 0.1) is 5.02 Å². The Labute approximate surface area is 94.6 Å². The van der Waals surface area contributed by atoms with E-state index in [0.29, 0.717) is 12.6 Å². The van der Waals surface area contributed by atoms with Gasteiger partial charge in [0.25, 0.3) is 0 Å². The molecule has 0 amide bonds. The van der Waals surface area contributed by atoms with Crippen molar-refractivity contribution in [2.45, 2.75) is 38.3 Å². The highest BCUT2D eigenvalue weighted by atomic mass is 35.5. The summed E-state index contributed by atoms with van der Waals surface area (Å²) in [5.74, 6) is -0.331. The van der Waals surface area contributed by atoms with Crippen LogP contribution in [0, 0.1) is 5.82 Å². The molecule has 1 aliphatic carbocycles. The van der Waals surface area contributed by atoms with Crippen LogP contribution in [0.15, 0.2) is 18.2 Å². The van der Waals surface area contributed by atoms with Crippen molar-refractivity contribution >= 4 is 11.6 Å². The summed E-state index contributed by atoms with van der Waals surface area (Å²) in [5.41, 5.74) is 0.851. The lowest BCUT2D eigenvalue weighted by molar-refractivity contribution is 0.522. The minimum absolute atomic E-state index is 0.253. The van der Waals surface area contributed by atoms with E-state index in [0.717, 1.165) is 5.56 Å². The van der Waals surface area contributed by atoms with Crippen molar-refractivity contribution in [3.8, 4) is 0 Å². The summed E-state index contributed by atoms with van der Waals surface area (Å²) in [6, 6.07) is 5.55. The maximum atomic E-state index is 13.1. The van der Waals surface area contributed by atoms with Crippen LogP contribution in [0.5, 0.6) is 0 Å². The molecular weight excluding hydrogens is 213 g/mol.